The summed E-state index contributed by atoms with van der Waals surface area (Å²) in [7, 11) is 0. The molecule has 2 atom stereocenters. The first-order chi connectivity index (χ1) is 8.83. The molecule has 1 aromatic rings. The topological polar surface area (TPSA) is 84.3 Å². The number of rotatable bonds is 3. The van der Waals surface area contributed by atoms with Crippen LogP contribution in [-0.4, -0.2) is 37.2 Å². The average Bonchev–Trinajstić information content (AvgIpc) is 2.62. The van der Waals surface area contributed by atoms with Gasteiger partial charge in [0.15, 0.2) is 0 Å². The minimum atomic E-state index is -3.31. The molecule has 9 heteroatoms. The van der Waals surface area contributed by atoms with Crippen LogP contribution in [-0.2, 0) is 4.74 Å². The van der Waals surface area contributed by atoms with Crippen LogP contribution in [0.1, 0.15) is 12.6 Å². The molecule has 0 saturated carbocycles. The van der Waals surface area contributed by atoms with Crippen LogP contribution < -0.4 is 11.2 Å². The Hall–Kier alpha value is -0.810. The van der Waals surface area contributed by atoms with Crippen molar-refractivity contribution in [2.24, 2.45) is 0 Å². The molecular formula is C10H11F2IN2O4. The first-order valence-electron chi connectivity index (χ1n) is 5.37. The van der Waals surface area contributed by atoms with E-state index in [1.54, 1.807) is 0 Å². The number of alkyl halides is 3. The fourth-order valence-electron chi connectivity index (χ4n) is 1.97. The maximum absolute atomic E-state index is 14.0. The zero-order valence-corrected chi connectivity index (χ0v) is 11.8. The molecule has 0 unspecified atom stereocenters. The van der Waals surface area contributed by atoms with Gasteiger partial charge in [0, 0.05) is 23.1 Å². The number of hydrogen-bond donors (Lipinski definition) is 2. The Morgan fingerprint density at radius 2 is 2.26 bits per heavy atom. The molecule has 1 saturated heterocycles. The minimum Gasteiger partial charge on any atom is -0.393 e. The van der Waals surface area contributed by atoms with Crippen molar-refractivity contribution in [3.8, 4) is 0 Å². The van der Waals surface area contributed by atoms with Gasteiger partial charge in [-0.1, -0.05) is 22.6 Å². The number of aliphatic hydroxyl groups excluding tert-OH is 1. The third-order valence-corrected chi connectivity index (χ3v) is 4.31. The van der Waals surface area contributed by atoms with Gasteiger partial charge >= 0.3 is 5.69 Å². The van der Waals surface area contributed by atoms with Gasteiger partial charge in [-0.25, -0.2) is 13.6 Å². The molecule has 1 fully saturated rings. The second-order valence-electron chi connectivity index (χ2n) is 4.40. The van der Waals surface area contributed by atoms with Gasteiger partial charge < -0.3 is 9.84 Å². The molecule has 1 aromatic heterocycles. The molecule has 6 nitrogen and oxygen atoms in total. The van der Waals surface area contributed by atoms with E-state index >= 15 is 0 Å². The van der Waals surface area contributed by atoms with Crippen molar-refractivity contribution in [1.29, 1.82) is 0 Å². The molecule has 0 aromatic carbocycles. The molecule has 0 bridgehead atoms. The molecule has 2 N–H and O–H groups in total. The molecule has 106 valence electrons. The number of ether oxygens (including phenoxy) is 1. The number of hydrogen-bond acceptors (Lipinski definition) is 4. The van der Waals surface area contributed by atoms with Crippen molar-refractivity contribution >= 4 is 22.6 Å². The molecule has 0 spiro atoms. The van der Waals surface area contributed by atoms with Gasteiger partial charge in [0.2, 0.25) is 6.23 Å². The zero-order valence-electron chi connectivity index (χ0n) is 9.61. The van der Waals surface area contributed by atoms with Crippen LogP contribution in [0.4, 0.5) is 8.78 Å². The summed E-state index contributed by atoms with van der Waals surface area (Å²) in [5.41, 5.74) is -3.03. The molecule has 0 aliphatic carbocycles. The predicted octanol–water partition coefficient (Wildman–Crippen LogP) is 0.257. The van der Waals surface area contributed by atoms with E-state index in [9.17, 15) is 23.5 Å². The molecule has 2 heterocycles. The Kier molecular flexibility index (Phi) is 3.80. The van der Waals surface area contributed by atoms with Gasteiger partial charge in [-0.05, 0) is 0 Å². The monoisotopic (exact) mass is 388 g/mol. The smallest absolute Gasteiger partial charge is 0.330 e. The maximum Gasteiger partial charge on any atom is 0.330 e. The Balaban J connectivity index is 2.45. The third kappa shape index (κ3) is 2.58. The standard InChI is InChI=1S/C10H11F2IN2O4/c11-10(12)3-9(4-13,5-16)19-7(10)15-2-1-6(17)14-8(15)18/h1-2,7,16H,3-5H2,(H,14,17,18)/t7-,9-/m1/s1. The largest absolute Gasteiger partial charge is 0.393 e. The lowest BCUT2D eigenvalue weighted by Gasteiger charge is -2.23. The van der Waals surface area contributed by atoms with E-state index in [0.717, 1.165) is 12.3 Å². The Morgan fingerprint density at radius 1 is 1.58 bits per heavy atom. The summed E-state index contributed by atoms with van der Waals surface area (Å²) in [5.74, 6) is -3.31. The van der Waals surface area contributed by atoms with E-state index in [-0.39, 0.29) is 4.43 Å². The number of H-pyrrole nitrogens is 1. The number of nitrogens with one attached hydrogen (secondary N) is 1. The van der Waals surface area contributed by atoms with Crippen molar-refractivity contribution in [2.75, 3.05) is 11.0 Å². The van der Waals surface area contributed by atoms with Crippen molar-refractivity contribution in [3.05, 3.63) is 33.1 Å². The predicted molar refractivity (Wildman–Crippen MR) is 69.7 cm³/mol. The Labute approximate surface area is 119 Å². The van der Waals surface area contributed by atoms with Crippen LogP contribution in [0.5, 0.6) is 0 Å². The van der Waals surface area contributed by atoms with E-state index < -0.39 is 42.0 Å². The van der Waals surface area contributed by atoms with E-state index in [4.69, 9.17) is 4.74 Å². The van der Waals surface area contributed by atoms with Crippen LogP contribution >= 0.6 is 22.6 Å². The number of halogens is 3. The van der Waals surface area contributed by atoms with Crippen molar-refractivity contribution in [1.82, 2.24) is 9.55 Å². The average molecular weight is 388 g/mol. The molecule has 0 radical (unpaired) electrons. The zero-order chi connectivity index (χ0) is 14.3. The van der Waals surface area contributed by atoms with E-state index in [1.807, 2.05) is 27.6 Å². The maximum atomic E-state index is 14.0. The molecule has 0 amide bonds. The molecule has 1 aliphatic rings. The number of aromatic amines is 1. The lowest BCUT2D eigenvalue weighted by molar-refractivity contribution is -0.137. The summed E-state index contributed by atoms with van der Waals surface area (Å²) in [6, 6.07) is 0.962. The van der Waals surface area contributed by atoms with Crippen LogP contribution in [0.2, 0.25) is 0 Å². The van der Waals surface area contributed by atoms with Gasteiger partial charge in [0.1, 0.15) is 5.60 Å². The van der Waals surface area contributed by atoms with Gasteiger partial charge in [-0.2, -0.15) is 0 Å². The number of aliphatic hydroxyl groups is 1. The molecule has 19 heavy (non-hydrogen) atoms. The quantitative estimate of drug-likeness (QED) is 0.575. The normalized spacial score (nSPS) is 29.6. The van der Waals surface area contributed by atoms with E-state index in [1.165, 1.54) is 0 Å². The second kappa shape index (κ2) is 4.94. The lowest BCUT2D eigenvalue weighted by Crippen LogP contribution is -2.38. The molecular weight excluding hydrogens is 377 g/mol. The minimum absolute atomic E-state index is 0.158. The summed E-state index contributed by atoms with van der Waals surface area (Å²) < 4.78 is 33.9. The highest BCUT2D eigenvalue weighted by molar-refractivity contribution is 14.1. The third-order valence-electron chi connectivity index (χ3n) is 2.92. The van der Waals surface area contributed by atoms with Gasteiger partial charge in [-0.3, -0.25) is 14.3 Å². The summed E-state index contributed by atoms with van der Waals surface area (Å²) in [6.07, 6.45) is -1.56. The van der Waals surface area contributed by atoms with Crippen LogP contribution in [0.3, 0.4) is 0 Å². The van der Waals surface area contributed by atoms with Crippen molar-refractivity contribution in [2.45, 2.75) is 24.2 Å². The fraction of sp³-hybridized carbons (Fsp3) is 0.600. The molecule has 1 aliphatic heterocycles. The first-order valence-corrected chi connectivity index (χ1v) is 6.90. The molecule has 2 rings (SSSR count). The van der Waals surface area contributed by atoms with Gasteiger partial charge in [-0.15, -0.1) is 0 Å². The SMILES string of the molecule is O=c1ccn([C@@H]2O[C@@](CO)(CI)CC2(F)F)c(=O)[nH]1. The van der Waals surface area contributed by atoms with Gasteiger partial charge in [0.25, 0.3) is 11.5 Å². The first kappa shape index (κ1) is 14.6. The van der Waals surface area contributed by atoms with Crippen LogP contribution in [0.25, 0.3) is 0 Å². The Bertz CT molecular complexity index is 581. The fourth-order valence-corrected chi connectivity index (χ4v) is 2.66. The van der Waals surface area contributed by atoms with Crippen molar-refractivity contribution < 1.29 is 18.6 Å². The summed E-state index contributed by atoms with van der Waals surface area (Å²) >= 11 is 1.84. The van der Waals surface area contributed by atoms with Gasteiger partial charge in [0.05, 0.1) is 6.61 Å². The lowest BCUT2D eigenvalue weighted by atomic mass is 10.0. The van der Waals surface area contributed by atoms with E-state index in [0.29, 0.717) is 4.57 Å². The summed E-state index contributed by atoms with van der Waals surface area (Å²) in [6.45, 7) is -0.569. The van der Waals surface area contributed by atoms with E-state index in [2.05, 4.69) is 0 Å². The van der Waals surface area contributed by atoms with Crippen LogP contribution in [0, 0.1) is 0 Å². The Morgan fingerprint density at radius 3 is 2.74 bits per heavy atom. The second-order valence-corrected chi connectivity index (χ2v) is 5.16. The highest BCUT2D eigenvalue weighted by Crippen LogP contribution is 2.47. The number of aromatic nitrogens is 2. The summed E-state index contributed by atoms with van der Waals surface area (Å²) in [4.78, 5) is 24.3. The van der Waals surface area contributed by atoms with Crippen molar-refractivity contribution in [3.63, 3.8) is 0 Å². The van der Waals surface area contributed by atoms with Crippen LogP contribution in [0.15, 0.2) is 21.9 Å². The highest BCUT2D eigenvalue weighted by Gasteiger charge is 2.58. The highest BCUT2D eigenvalue weighted by atomic mass is 127. The summed E-state index contributed by atoms with van der Waals surface area (Å²) in [5, 5.41) is 9.22. The number of nitrogens with zero attached hydrogens (tertiary/aromatic N) is 1.